The quantitative estimate of drug-likeness (QED) is 0.755. The molecule has 1 N–H and O–H groups in total. The van der Waals surface area contributed by atoms with E-state index < -0.39 is 0 Å². The van der Waals surface area contributed by atoms with Crippen LogP contribution in [0.3, 0.4) is 0 Å². The molecular weight excluding hydrogens is 218 g/mol. The Morgan fingerprint density at radius 3 is 2.44 bits per heavy atom. The summed E-state index contributed by atoms with van der Waals surface area (Å²) >= 11 is 0. The van der Waals surface area contributed by atoms with E-state index in [1.807, 2.05) is 0 Å². The molecule has 0 saturated heterocycles. The zero-order valence-electron chi connectivity index (χ0n) is 12.7. The molecule has 0 aliphatic heterocycles. The molecule has 0 radical (unpaired) electrons. The summed E-state index contributed by atoms with van der Waals surface area (Å²) in [5.74, 6) is 0.719. The Labute approximate surface area is 113 Å². The summed E-state index contributed by atoms with van der Waals surface area (Å²) in [6.45, 7) is 11.3. The summed E-state index contributed by atoms with van der Waals surface area (Å²) in [6, 6.07) is 10.1. The summed E-state index contributed by atoms with van der Waals surface area (Å²) in [6.07, 6.45) is 3.60. The van der Waals surface area contributed by atoms with Crippen LogP contribution in [0.5, 0.6) is 0 Å². The number of rotatable bonds is 7. The fraction of sp³-hybridized carbons (Fsp3) is 0.647. The van der Waals surface area contributed by atoms with Gasteiger partial charge in [-0.3, -0.25) is 0 Å². The maximum absolute atomic E-state index is 3.75. The van der Waals surface area contributed by atoms with Crippen molar-refractivity contribution in [2.45, 2.75) is 66.0 Å². The van der Waals surface area contributed by atoms with Gasteiger partial charge in [0.05, 0.1) is 0 Å². The number of hydrogen-bond acceptors (Lipinski definition) is 1. The predicted octanol–water partition coefficient (Wildman–Crippen LogP) is 4.34. The molecule has 18 heavy (non-hydrogen) atoms. The third kappa shape index (κ3) is 5.22. The molecule has 0 aliphatic carbocycles. The molecule has 0 aromatic heterocycles. The monoisotopic (exact) mass is 247 g/mol. The average Bonchev–Trinajstić information content (AvgIpc) is 2.33. The Bertz CT molecular complexity index is 343. The van der Waals surface area contributed by atoms with Gasteiger partial charge in [0.25, 0.3) is 0 Å². The van der Waals surface area contributed by atoms with E-state index in [1.54, 1.807) is 0 Å². The van der Waals surface area contributed by atoms with Gasteiger partial charge in [-0.25, -0.2) is 0 Å². The highest BCUT2D eigenvalue weighted by atomic mass is 14.9. The first-order valence-corrected chi connectivity index (χ1v) is 7.34. The van der Waals surface area contributed by atoms with Crippen LogP contribution in [0.1, 0.15) is 51.7 Å². The fourth-order valence-electron chi connectivity index (χ4n) is 2.48. The van der Waals surface area contributed by atoms with E-state index in [-0.39, 0.29) is 0 Å². The number of benzene rings is 1. The lowest BCUT2D eigenvalue weighted by Gasteiger charge is -2.25. The van der Waals surface area contributed by atoms with Crippen molar-refractivity contribution in [2.75, 3.05) is 0 Å². The van der Waals surface area contributed by atoms with Gasteiger partial charge in [0.15, 0.2) is 0 Å². The van der Waals surface area contributed by atoms with Crippen LogP contribution in [0.15, 0.2) is 24.3 Å². The third-order valence-electron chi connectivity index (χ3n) is 3.69. The lowest BCUT2D eigenvalue weighted by molar-refractivity contribution is 0.343. The molecule has 2 unspecified atom stereocenters. The summed E-state index contributed by atoms with van der Waals surface area (Å²) in [4.78, 5) is 0. The van der Waals surface area contributed by atoms with E-state index in [0.717, 1.165) is 5.92 Å². The molecule has 0 saturated carbocycles. The number of aryl methyl sites for hydroxylation is 2. The molecule has 0 fully saturated rings. The number of nitrogens with one attached hydrogen (secondary N) is 1. The Hall–Kier alpha value is -0.820. The third-order valence-corrected chi connectivity index (χ3v) is 3.69. The molecular formula is C17H29N. The SMILES string of the molecule is CCC(NC(C)CCc1cccc(C)c1)C(C)C. The fourth-order valence-corrected chi connectivity index (χ4v) is 2.48. The van der Waals surface area contributed by atoms with Gasteiger partial charge in [-0.2, -0.15) is 0 Å². The van der Waals surface area contributed by atoms with Gasteiger partial charge in [-0.1, -0.05) is 50.6 Å². The van der Waals surface area contributed by atoms with Crippen molar-refractivity contribution >= 4 is 0 Å². The first-order chi connectivity index (χ1) is 8.52. The molecule has 1 aromatic rings. The second-order valence-corrected chi connectivity index (χ2v) is 5.85. The molecule has 1 nitrogen and oxygen atoms in total. The topological polar surface area (TPSA) is 12.0 Å². The van der Waals surface area contributed by atoms with Crippen molar-refractivity contribution < 1.29 is 0 Å². The van der Waals surface area contributed by atoms with E-state index in [0.29, 0.717) is 12.1 Å². The van der Waals surface area contributed by atoms with Crippen LogP contribution in [-0.2, 0) is 6.42 Å². The van der Waals surface area contributed by atoms with Gasteiger partial charge in [-0.15, -0.1) is 0 Å². The van der Waals surface area contributed by atoms with E-state index in [1.165, 1.54) is 30.4 Å². The van der Waals surface area contributed by atoms with Crippen LogP contribution < -0.4 is 5.32 Å². The first kappa shape index (κ1) is 15.2. The van der Waals surface area contributed by atoms with Gasteiger partial charge in [-0.05, 0) is 44.6 Å². The lowest BCUT2D eigenvalue weighted by Crippen LogP contribution is -2.39. The first-order valence-electron chi connectivity index (χ1n) is 7.34. The van der Waals surface area contributed by atoms with Gasteiger partial charge in [0.1, 0.15) is 0 Å². The van der Waals surface area contributed by atoms with Crippen LogP contribution in [0.2, 0.25) is 0 Å². The van der Waals surface area contributed by atoms with Crippen LogP contribution in [-0.4, -0.2) is 12.1 Å². The molecule has 1 heteroatoms. The molecule has 2 atom stereocenters. The van der Waals surface area contributed by atoms with Crippen LogP contribution in [0.25, 0.3) is 0 Å². The normalized spacial score (nSPS) is 14.8. The summed E-state index contributed by atoms with van der Waals surface area (Å²) < 4.78 is 0. The maximum atomic E-state index is 3.75. The standard InChI is InChI=1S/C17H29N/c1-6-17(13(2)3)18-15(5)10-11-16-9-7-8-14(4)12-16/h7-9,12-13,15,17-18H,6,10-11H2,1-5H3. The average molecular weight is 247 g/mol. The molecule has 0 spiro atoms. The van der Waals surface area contributed by atoms with E-state index in [9.17, 15) is 0 Å². The molecule has 0 amide bonds. The second kappa shape index (κ2) is 7.58. The van der Waals surface area contributed by atoms with Crippen molar-refractivity contribution in [1.82, 2.24) is 5.32 Å². The van der Waals surface area contributed by atoms with Gasteiger partial charge in [0, 0.05) is 12.1 Å². The van der Waals surface area contributed by atoms with E-state index in [4.69, 9.17) is 0 Å². The highest BCUT2D eigenvalue weighted by molar-refractivity contribution is 5.22. The molecule has 0 heterocycles. The zero-order chi connectivity index (χ0) is 13.5. The Balaban J connectivity index is 2.39. The molecule has 0 aliphatic rings. The smallest absolute Gasteiger partial charge is 0.00899 e. The van der Waals surface area contributed by atoms with Crippen molar-refractivity contribution in [3.8, 4) is 0 Å². The van der Waals surface area contributed by atoms with E-state index >= 15 is 0 Å². The van der Waals surface area contributed by atoms with Crippen LogP contribution in [0.4, 0.5) is 0 Å². The van der Waals surface area contributed by atoms with Gasteiger partial charge in [0.2, 0.25) is 0 Å². The Kier molecular flexibility index (Phi) is 6.42. The van der Waals surface area contributed by atoms with Gasteiger partial charge >= 0.3 is 0 Å². The second-order valence-electron chi connectivity index (χ2n) is 5.85. The minimum atomic E-state index is 0.595. The number of hydrogen-bond donors (Lipinski definition) is 1. The molecule has 1 aromatic carbocycles. The Morgan fingerprint density at radius 1 is 1.17 bits per heavy atom. The highest BCUT2D eigenvalue weighted by Crippen LogP contribution is 2.11. The molecule has 0 bridgehead atoms. The zero-order valence-corrected chi connectivity index (χ0v) is 12.7. The summed E-state index contributed by atoms with van der Waals surface area (Å²) in [7, 11) is 0. The van der Waals surface area contributed by atoms with Crippen LogP contribution in [0, 0.1) is 12.8 Å². The van der Waals surface area contributed by atoms with Crippen molar-refractivity contribution in [3.63, 3.8) is 0 Å². The van der Waals surface area contributed by atoms with Crippen molar-refractivity contribution in [2.24, 2.45) is 5.92 Å². The van der Waals surface area contributed by atoms with Crippen molar-refractivity contribution in [3.05, 3.63) is 35.4 Å². The van der Waals surface area contributed by atoms with Gasteiger partial charge < -0.3 is 5.32 Å². The predicted molar refractivity (Wildman–Crippen MR) is 81.0 cm³/mol. The molecule has 102 valence electrons. The Morgan fingerprint density at radius 2 is 1.89 bits per heavy atom. The summed E-state index contributed by atoms with van der Waals surface area (Å²) in [5.41, 5.74) is 2.82. The van der Waals surface area contributed by atoms with E-state index in [2.05, 4.69) is 64.2 Å². The minimum absolute atomic E-state index is 0.595. The van der Waals surface area contributed by atoms with Crippen molar-refractivity contribution in [1.29, 1.82) is 0 Å². The lowest BCUT2D eigenvalue weighted by atomic mass is 9.99. The summed E-state index contributed by atoms with van der Waals surface area (Å²) in [5, 5.41) is 3.75. The minimum Gasteiger partial charge on any atom is -0.311 e. The van der Waals surface area contributed by atoms with Crippen LogP contribution >= 0.6 is 0 Å². The maximum Gasteiger partial charge on any atom is 0.00899 e. The highest BCUT2D eigenvalue weighted by Gasteiger charge is 2.13. The molecule has 1 rings (SSSR count). The largest absolute Gasteiger partial charge is 0.311 e.